The summed E-state index contributed by atoms with van der Waals surface area (Å²) in [6.07, 6.45) is 6.00. The molecule has 0 N–H and O–H groups in total. The van der Waals surface area contributed by atoms with Crippen LogP contribution in [0, 0.1) is 19.8 Å². The summed E-state index contributed by atoms with van der Waals surface area (Å²) in [5.74, 6) is 2.60. The number of fused-ring (bicyclic) bond motifs is 2. The Morgan fingerprint density at radius 2 is 2.06 bits per heavy atom. The summed E-state index contributed by atoms with van der Waals surface area (Å²) >= 11 is 3.56. The molecule has 2 atom stereocenters. The third-order valence-electron chi connectivity index (χ3n) is 6.98. The highest BCUT2D eigenvalue weighted by Gasteiger charge is 2.60. The molecule has 4 heterocycles. The predicted octanol–water partition coefficient (Wildman–Crippen LogP) is 4.68. The average Bonchev–Trinajstić information content (AvgIpc) is 3.08. The van der Waals surface area contributed by atoms with Crippen LogP contribution in [0.5, 0.6) is 0 Å². The smallest absolute Gasteiger partial charge is 0.191 e. The number of nitrogens with zero attached hydrogens (tertiary/aromatic N) is 7. The zero-order chi connectivity index (χ0) is 22.6. The van der Waals surface area contributed by atoms with Gasteiger partial charge in [-0.05, 0) is 56.8 Å². The van der Waals surface area contributed by atoms with E-state index in [4.69, 9.17) is 4.98 Å². The Hall–Kier alpha value is -2.07. The first-order chi connectivity index (χ1) is 16.0. The molecular formula is C24H28ClN7S2. The van der Waals surface area contributed by atoms with E-state index >= 15 is 0 Å². The van der Waals surface area contributed by atoms with Crippen molar-refractivity contribution in [3.8, 4) is 11.5 Å². The Balaban J connectivity index is 0.00000241. The highest BCUT2D eigenvalue weighted by molar-refractivity contribution is 7.99. The molecule has 3 aromatic heterocycles. The number of thioether (sulfide) groups is 1. The Kier molecular flexibility index (Phi) is 6.39. The standard InChI is InChI=1S/C24H27N7S2.ClH/c1-15-11-26-20(12-25-15)22-28-29-23(30(22)3)32-8-4-7-31-13-18-10-24(18,14-31)17-5-6-21-19(9-17)27-16(2)33-21;/h5-6,9,11-12,18H,4,7-8,10,13-14H2,1-3H3;1H/t18-,24?;/m1./s1. The molecule has 34 heavy (non-hydrogen) atoms. The van der Waals surface area contributed by atoms with E-state index in [2.05, 4.69) is 50.2 Å². The van der Waals surface area contributed by atoms with Crippen molar-refractivity contribution in [1.29, 1.82) is 0 Å². The van der Waals surface area contributed by atoms with Gasteiger partial charge in [-0.3, -0.25) is 4.98 Å². The van der Waals surface area contributed by atoms with Crippen LogP contribution in [0.2, 0.25) is 0 Å². The lowest BCUT2D eigenvalue weighted by Gasteiger charge is -2.21. The van der Waals surface area contributed by atoms with Crippen molar-refractivity contribution in [2.75, 3.05) is 25.4 Å². The van der Waals surface area contributed by atoms with Crippen LogP contribution in [-0.4, -0.2) is 60.0 Å². The number of aromatic nitrogens is 6. The van der Waals surface area contributed by atoms with Crippen LogP contribution in [-0.2, 0) is 12.5 Å². The molecular weight excluding hydrogens is 486 g/mol. The van der Waals surface area contributed by atoms with E-state index in [0.717, 1.165) is 52.0 Å². The molecule has 0 bridgehead atoms. The summed E-state index contributed by atoms with van der Waals surface area (Å²) in [7, 11) is 2.00. The number of rotatable bonds is 7. The Labute approximate surface area is 213 Å². The van der Waals surface area contributed by atoms with Gasteiger partial charge >= 0.3 is 0 Å². The number of likely N-dealkylation sites (tertiary alicyclic amines) is 1. The zero-order valence-corrected chi connectivity index (χ0v) is 22.0. The van der Waals surface area contributed by atoms with Crippen molar-refractivity contribution >= 4 is 45.7 Å². The maximum atomic E-state index is 4.72. The molecule has 1 aliphatic heterocycles. The van der Waals surface area contributed by atoms with Crippen molar-refractivity contribution in [1.82, 2.24) is 34.6 Å². The molecule has 0 amide bonds. The molecule has 178 valence electrons. The van der Waals surface area contributed by atoms with E-state index in [1.165, 1.54) is 35.3 Å². The summed E-state index contributed by atoms with van der Waals surface area (Å²) < 4.78 is 3.32. The number of piperidine rings is 1. The highest BCUT2D eigenvalue weighted by Crippen LogP contribution is 2.59. The maximum absolute atomic E-state index is 4.72. The van der Waals surface area contributed by atoms with E-state index in [1.807, 2.05) is 18.5 Å². The Morgan fingerprint density at radius 1 is 1.18 bits per heavy atom. The third kappa shape index (κ3) is 4.23. The second-order valence-electron chi connectivity index (χ2n) is 9.32. The number of thiazole rings is 1. The van der Waals surface area contributed by atoms with Crippen molar-refractivity contribution in [3.63, 3.8) is 0 Å². The lowest BCUT2D eigenvalue weighted by atomic mass is 9.95. The van der Waals surface area contributed by atoms with Gasteiger partial charge in [0, 0.05) is 37.5 Å². The van der Waals surface area contributed by atoms with Gasteiger partial charge in [-0.2, -0.15) is 0 Å². The second kappa shape index (κ2) is 9.18. The third-order valence-corrected chi connectivity index (χ3v) is 9.04. The van der Waals surface area contributed by atoms with Crippen LogP contribution in [0.25, 0.3) is 21.7 Å². The SMILES string of the molecule is Cc1cnc(-c2nnc(SCCCN3C[C@H]4CC4(c4ccc5sc(C)nc5c4)C3)n2C)cn1.Cl. The van der Waals surface area contributed by atoms with E-state index in [1.54, 1.807) is 35.5 Å². The van der Waals surface area contributed by atoms with Gasteiger partial charge in [-0.15, -0.1) is 33.9 Å². The van der Waals surface area contributed by atoms with Crippen LogP contribution in [0.3, 0.4) is 0 Å². The molecule has 1 aromatic carbocycles. The maximum Gasteiger partial charge on any atom is 0.191 e. The van der Waals surface area contributed by atoms with E-state index < -0.39 is 0 Å². The number of benzene rings is 1. The topological polar surface area (TPSA) is 72.6 Å². The summed E-state index contributed by atoms with van der Waals surface area (Å²) in [6.45, 7) is 7.56. The monoisotopic (exact) mass is 513 g/mol. The van der Waals surface area contributed by atoms with E-state index in [9.17, 15) is 0 Å². The number of halogens is 1. The minimum Gasteiger partial charge on any atom is -0.304 e. The van der Waals surface area contributed by atoms with Crippen LogP contribution in [0.15, 0.2) is 35.7 Å². The largest absolute Gasteiger partial charge is 0.304 e. The molecule has 1 saturated carbocycles. The van der Waals surface area contributed by atoms with Crippen molar-refractivity contribution in [2.24, 2.45) is 13.0 Å². The fourth-order valence-corrected chi connectivity index (χ4v) is 6.82. The van der Waals surface area contributed by atoms with Crippen LogP contribution in [0.4, 0.5) is 0 Å². The first kappa shape index (κ1) is 23.7. The molecule has 7 nitrogen and oxygen atoms in total. The first-order valence-electron chi connectivity index (χ1n) is 11.4. The Bertz CT molecular complexity index is 1320. The van der Waals surface area contributed by atoms with Crippen LogP contribution < -0.4 is 0 Å². The first-order valence-corrected chi connectivity index (χ1v) is 13.2. The Morgan fingerprint density at radius 3 is 2.88 bits per heavy atom. The lowest BCUT2D eigenvalue weighted by molar-refractivity contribution is 0.299. The number of aryl methyl sites for hydroxylation is 2. The van der Waals surface area contributed by atoms with Gasteiger partial charge in [0.15, 0.2) is 11.0 Å². The van der Waals surface area contributed by atoms with Crippen LogP contribution >= 0.6 is 35.5 Å². The molecule has 0 radical (unpaired) electrons. The van der Waals surface area contributed by atoms with Gasteiger partial charge in [0.1, 0.15) is 5.69 Å². The average molecular weight is 514 g/mol. The lowest BCUT2D eigenvalue weighted by Crippen LogP contribution is -2.27. The summed E-state index contributed by atoms with van der Waals surface area (Å²) in [6, 6.07) is 6.97. The van der Waals surface area contributed by atoms with Gasteiger partial charge < -0.3 is 9.47 Å². The normalized spacial score (nSPS) is 21.6. The molecule has 4 aromatic rings. The minimum atomic E-state index is 0. The number of hydrogen-bond donors (Lipinski definition) is 0. The molecule has 1 saturated heterocycles. The minimum absolute atomic E-state index is 0. The predicted molar refractivity (Wildman–Crippen MR) is 140 cm³/mol. The number of hydrogen-bond acceptors (Lipinski definition) is 8. The van der Waals surface area contributed by atoms with Gasteiger partial charge in [-0.1, -0.05) is 17.8 Å². The second-order valence-corrected chi connectivity index (χ2v) is 11.6. The van der Waals surface area contributed by atoms with Gasteiger partial charge in [0.2, 0.25) is 0 Å². The zero-order valence-electron chi connectivity index (χ0n) is 19.6. The van der Waals surface area contributed by atoms with Gasteiger partial charge in [0.05, 0.1) is 27.1 Å². The molecule has 10 heteroatoms. The molecule has 2 aliphatic rings. The quantitative estimate of drug-likeness (QED) is 0.262. The molecule has 1 aliphatic carbocycles. The molecule has 2 fully saturated rings. The molecule has 0 spiro atoms. The van der Waals surface area contributed by atoms with Crippen LogP contribution in [0.1, 0.15) is 29.1 Å². The van der Waals surface area contributed by atoms with Crippen molar-refractivity contribution in [2.45, 2.75) is 37.3 Å². The fraction of sp³-hybridized carbons (Fsp3) is 0.458. The molecule has 1 unspecified atom stereocenters. The summed E-state index contributed by atoms with van der Waals surface area (Å²) in [5.41, 5.74) is 4.69. The summed E-state index contributed by atoms with van der Waals surface area (Å²) in [5, 5.41) is 10.8. The van der Waals surface area contributed by atoms with E-state index in [0.29, 0.717) is 5.41 Å². The highest BCUT2D eigenvalue weighted by atomic mass is 35.5. The van der Waals surface area contributed by atoms with Gasteiger partial charge in [-0.25, -0.2) is 9.97 Å². The molecule has 6 rings (SSSR count). The van der Waals surface area contributed by atoms with Crippen molar-refractivity contribution in [3.05, 3.63) is 46.9 Å². The fourth-order valence-electron chi connectivity index (χ4n) is 5.18. The van der Waals surface area contributed by atoms with Crippen molar-refractivity contribution < 1.29 is 0 Å². The van der Waals surface area contributed by atoms with E-state index in [-0.39, 0.29) is 12.4 Å². The van der Waals surface area contributed by atoms with Gasteiger partial charge in [0.25, 0.3) is 0 Å². The summed E-state index contributed by atoms with van der Waals surface area (Å²) in [4.78, 5) is 16.1.